The van der Waals surface area contributed by atoms with Crippen molar-refractivity contribution in [2.24, 2.45) is 0 Å². The third-order valence-electron chi connectivity index (χ3n) is 3.12. The Morgan fingerprint density at radius 1 is 0.957 bits per heavy atom. The van der Waals surface area contributed by atoms with Gasteiger partial charge in [0.25, 0.3) is 0 Å². The quantitative estimate of drug-likeness (QED) is 0.879. The molecule has 1 heterocycles. The zero-order valence-corrected chi connectivity index (χ0v) is 12.2. The smallest absolute Gasteiger partial charge is 0.432 e. The Morgan fingerprint density at radius 3 is 1.96 bits per heavy atom. The average molecular weight is 327 g/mol. The van der Waals surface area contributed by atoms with E-state index in [1.807, 2.05) is 0 Å². The van der Waals surface area contributed by atoms with Gasteiger partial charge in [-0.1, -0.05) is 30.3 Å². The number of alkyl halides is 3. The lowest BCUT2D eigenvalue weighted by Gasteiger charge is -2.07. The molecule has 2 rings (SSSR count). The van der Waals surface area contributed by atoms with Gasteiger partial charge in [-0.2, -0.15) is 13.2 Å². The minimum Gasteiger partial charge on any atom is -0.465 e. The Hall–Kier alpha value is -2.77. The number of nitrogens with one attached hydrogen (secondary N) is 1. The molecular formula is C15H12F3NO4. The van der Waals surface area contributed by atoms with Gasteiger partial charge < -0.3 is 14.5 Å². The zero-order chi connectivity index (χ0) is 17.2. The molecule has 23 heavy (non-hydrogen) atoms. The summed E-state index contributed by atoms with van der Waals surface area (Å²) >= 11 is 0. The van der Waals surface area contributed by atoms with Crippen LogP contribution in [0.2, 0.25) is 0 Å². The first kappa shape index (κ1) is 16.6. The number of hydrogen-bond acceptors (Lipinski definition) is 4. The van der Waals surface area contributed by atoms with Gasteiger partial charge in [-0.15, -0.1) is 0 Å². The summed E-state index contributed by atoms with van der Waals surface area (Å²) in [7, 11) is 1.94. The Morgan fingerprint density at radius 2 is 1.48 bits per heavy atom. The minimum absolute atomic E-state index is 0.162. The lowest BCUT2D eigenvalue weighted by atomic mass is 10.0. The maximum Gasteiger partial charge on any atom is 0.432 e. The highest BCUT2D eigenvalue weighted by atomic mass is 19.4. The van der Waals surface area contributed by atoms with Crippen molar-refractivity contribution in [3.8, 4) is 11.3 Å². The molecule has 0 unspecified atom stereocenters. The Labute approximate surface area is 129 Å². The van der Waals surface area contributed by atoms with E-state index in [2.05, 4.69) is 14.5 Å². The van der Waals surface area contributed by atoms with Crippen LogP contribution in [-0.4, -0.2) is 31.1 Å². The topological polar surface area (TPSA) is 68.4 Å². The van der Waals surface area contributed by atoms with Crippen molar-refractivity contribution >= 4 is 11.9 Å². The van der Waals surface area contributed by atoms with Crippen molar-refractivity contribution in [2.75, 3.05) is 14.2 Å². The van der Waals surface area contributed by atoms with E-state index in [1.54, 1.807) is 18.2 Å². The fraction of sp³-hybridized carbons (Fsp3) is 0.200. The van der Waals surface area contributed by atoms with Crippen LogP contribution in [0.3, 0.4) is 0 Å². The standard InChI is InChI=1S/C15H12F3NO4/c1-22-13(20)9-10(14(21)23-2)12(15(16,17)18)19-11(9)8-6-4-3-5-7-8/h3-7,19H,1-2H3. The van der Waals surface area contributed by atoms with E-state index in [1.165, 1.54) is 12.1 Å². The highest BCUT2D eigenvalue weighted by molar-refractivity contribution is 6.08. The highest BCUT2D eigenvalue weighted by Crippen LogP contribution is 2.38. The molecule has 1 N–H and O–H groups in total. The highest BCUT2D eigenvalue weighted by Gasteiger charge is 2.42. The second kappa shape index (κ2) is 6.15. The predicted octanol–water partition coefficient (Wildman–Crippen LogP) is 3.27. The van der Waals surface area contributed by atoms with Gasteiger partial charge in [0.2, 0.25) is 0 Å². The first-order valence-electron chi connectivity index (χ1n) is 6.36. The Kier molecular flexibility index (Phi) is 4.44. The molecule has 1 aromatic carbocycles. The molecule has 0 amide bonds. The van der Waals surface area contributed by atoms with Crippen molar-refractivity contribution in [3.05, 3.63) is 47.2 Å². The normalized spacial score (nSPS) is 11.2. The van der Waals surface area contributed by atoms with E-state index in [0.717, 1.165) is 14.2 Å². The van der Waals surface area contributed by atoms with Crippen LogP contribution in [0, 0.1) is 0 Å². The molecule has 0 bridgehead atoms. The molecule has 0 aliphatic carbocycles. The minimum atomic E-state index is -4.88. The molecule has 0 spiro atoms. The van der Waals surface area contributed by atoms with Crippen LogP contribution in [-0.2, 0) is 15.7 Å². The summed E-state index contributed by atoms with van der Waals surface area (Å²) in [4.78, 5) is 25.9. The monoisotopic (exact) mass is 327 g/mol. The van der Waals surface area contributed by atoms with Crippen LogP contribution in [0.1, 0.15) is 26.4 Å². The fourth-order valence-corrected chi connectivity index (χ4v) is 2.15. The predicted molar refractivity (Wildman–Crippen MR) is 73.9 cm³/mol. The molecule has 0 aliphatic rings. The van der Waals surface area contributed by atoms with Gasteiger partial charge in [0.1, 0.15) is 16.8 Å². The summed E-state index contributed by atoms with van der Waals surface area (Å²) in [6.45, 7) is 0. The van der Waals surface area contributed by atoms with Crippen LogP contribution in [0.5, 0.6) is 0 Å². The van der Waals surface area contributed by atoms with E-state index >= 15 is 0 Å². The van der Waals surface area contributed by atoms with Gasteiger partial charge in [0, 0.05) is 0 Å². The van der Waals surface area contributed by atoms with E-state index in [4.69, 9.17) is 0 Å². The van der Waals surface area contributed by atoms with Crippen molar-refractivity contribution in [1.29, 1.82) is 0 Å². The zero-order valence-electron chi connectivity index (χ0n) is 12.2. The molecule has 0 saturated heterocycles. The van der Waals surface area contributed by atoms with Gasteiger partial charge in [-0.3, -0.25) is 0 Å². The molecule has 8 heteroatoms. The number of esters is 2. The summed E-state index contributed by atoms with van der Waals surface area (Å²) in [5, 5.41) is 0. The van der Waals surface area contributed by atoms with E-state index in [-0.39, 0.29) is 5.69 Å². The maximum atomic E-state index is 13.2. The Bertz CT molecular complexity index is 735. The van der Waals surface area contributed by atoms with Crippen molar-refractivity contribution < 1.29 is 32.2 Å². The maximum absolute atomic E-state index is 13.2. The van der Waals surface area contributed by atoms with Crippen LogP contribution < -0.4 is 0 Å². The van der Waals surface area contributed by atoms with Gasteiger partial charge in [-0.05, 0) is 5.56 Å². The summed E-state index contributed by atoms with van der Waals surface area (Å²) in [5.41, 5.74) is -2.63. The number of ether oxygens (including phenoxy) is 2. The summed E-state index contributed by atoms with van der Waals surface area (Å²) < 4.78 is 48.6. The van der Waals surface area contributed by atoms with Crippen LogP contribution >= 0.6 is 0 Å². The molecule has 122 valence electrons. The van der Waals surface area contributed by atoms with Crippen molar-refractivity contribution in [3.63, 3.8) is 0 Å². The van der Waals surface area contributed by atoms with Crippen molar-refractivity contribution in [1.82, 2.24) is 4.98 Å². The number of carbonyl (C=O) groups excluding carboxylic acids is 2. The number of aromatic amines is 1. The van der Waals surface area contributed by atoms with Gasteiger partial charge in [0.15, 0.2) is 0 Å². The first-order chi connectivity index (χ1) is 10.8. The number of H-pyrrole nitrogens is 1. The first-order valence-corrected chi connectivity index (χ1v) is 6.36. The lowest BCUT2D eigenvalue weighted by molar-refractivity contribution is -0.141. The number of rotatable bonds is 3. The number of aromatic nitrogens is 1. The van der Waals surface area contributed by atoms with E-state index in [9.17, 15) is 22.8 Å². The van der Waals surface area contributed by atoms with Crippen LogP contribution in [0.15, 0.2) is 30.3 Å². The molecule has 1 aromatic heterocycles. The molecule has 0 aliphatic heterocycles. The largest absolute Gasteiger partial charge is 0.465 e. The number of hydrogen-bond donors (Lipinski definition) is 1. The molecule has 5 nitrogen and oxygen atoms in total. The summed E-state index contributed by atoms with van der Waals surface area (Å²) in [6, 6.07) is 7.83. The average Bonchev–Trinajstić information content (AvgIpc) is 2.95. The molecule has 0 atom stereocenters. The number of benzene rings is 1. The Balaban J connectivity index is 2.84. The SMILES string of the molecule is COC(=O)c1c(-c2ccccc2)[nH]c(C(F)(F)F)c1C(=O)OC. The molecule has 0 fully saturated rings. The lowest BCUT2D eigenvalue weighted by Crippen LogP contribution is -2.16. The van der Waals surface area contributed by atoms with Crippen LogP contribution in [0.4, 0.5) is 13.2 Å². The molecular weight excluding hydrogens is 315 g/mol. The van der Waals surface area contributed by atoms with Gasteiger partial charge in [0.05, 0.1) is 19.9 Å². The van der Waals surface area contributed by atoms with E-state index < -0.39 is 34.9 Å². The van der Waals surface area contributed by atoms with Gasteiger partial charge >= 0.3 is 18.1 Å². The number of methoxy groups -OCH3 is 2. The molecule has 0 radical (unpaired) electrons. The third kappa shape index (κ3) is 3.05. The van der Waals surface area contributed by atoms with Crippen molar-refractivity contribution in [2.45, 2.75) is 6.18 Å². The summed E-state index contributed by atoms with van der Waals surface area (Å²) in [6.07, 6.45) is -4.88. The fourth-order valence-electron chi connectivity index (χ4n) is 2.15. The summed E-state index contributed by atoms with van der Waals surface area (Å²) in [5.74, 6) is -2.35. The van der Waals surface area contributed by atoms with E-state index in [0.29, 0.717) is 5.56 Å². The van der Waals surface area contributed by atoms with Gasteiger partial charge in [-0.25, -0.2) is 9.59 Å². The third-order valence-corrected chi connectivity index (χ3v) is 3.12. The second-order valence-electron chi connectivity index (χ2n) is 4.47. The van der Waals surface area contributed by atoms with Crippen LogP contribution in [0.25, 0.3) is 11.3 Å². The second-order valence-corrected chi connectivity index (χ2v) is 4.47. The number of carbonyl (C=O) groups is 2. The molecule has 2 aromatic rings. The number of halogens is 3. The molecule has 0 saturated carbocycles.